The Bertz CT molecular complexity index is 1520. The third kappa shape index (κ3) is 6.89. The van der Waals surface area contributed by atoms with Crippen LogP contribution >= 0.6 is 0 Å². The Balaban J connectivity index is 0.979. The fraction of sp³-hybridized carbons (Fsp3) is 0.485. The Morgan fingerprint density at radius 3 is 2.51 bits per heavy atom. The van der Waals surface area contributed by atoms with Crippen LogP contribution in [0.1, 0.15) is 60.9 Å². The number of hydrogen-bond acceptors (Lipinski definition) is 4. The van der Waals surface area contributed by atoms with Crippen LogP contribution in [0.4, 0.5) is 13.2 Å². The summed E-state index contributed by atoms with van der Waals surface area (Å²) in [5, 5.41) is 8.81. The molecular formula is C33H37F3N4O3. The molecule has 2 fully saturated rings. The number of allylic oxidation sites excluding steroid dienone is 6. The number of halogens is 3. The highest BCUT2D eigenvalue weighted by Crippen LogP contribution is 2.34. The van der Waals surface area contributed by atoms with Crippen LogP contribution in [-0.4, -0.2) is 52.3 Å². The van der Waals surface area contributed by atoms with Crippen molar-refractivity contribution in [1.82, 2.24) is 20.0 Å². The van der Waals surface area contributed by atoms with Gasteiger partial charge in [0.2, 0.25) is 5.91 Å². The van der Waals surface area contributed by atoms with Gasteiger partial charge in [-0.15, -0.1) is 0 Å². The number of nitrogens with zero attached hydrogens (tertiary/aromatic N) is 3. The first-order valence-corrected chi connectivity index (χ1v) is 15.2. The summed E-state index contributed by atoms with van der Waals surface area (Å²) in [7, 11) is 0. The molecule has 1 saturated heterocycles. The highest BCUT2D eigenvalue weighted by Gasteiger charge is 2.34. The quantitative estimate of drug-likeness (QED) is 0.386. The molecule has 6 rings (SSSR count). The van der Waals surface area contributed by atoms with Gasteiger partial charge in [-0.3, -0.25) is 14.3 Å². The standard InChI is InChI=1S/C33H37F3N4O3/c1-21-28(31(41)37-18-22-2-3-22)12-13-30-29(21)20-40(38-30)19-23-14-16-39(17-15-23)32(42)24-4-8-26(9-5-24)43-27-10-6-25(7-11-27)33(34,35)36/h4,6,8-10,12-13,20,22-24H,2-3,5,7,11,14-19H2,1H3,(H,37,41). The number of piperidine rings is 1. The number of ether oxygens (including phenoxy) is 1. The molecule has 3 aliphatic carbocycles. The number of alkyl halides is 3. The second kappa shape index (κ2) is 12.1. The van der Waals surface area contributed by atoms with Crippen LogP contribution in [0.15, 0.2) is 65.8 Å². The van der Waals surface area contributed by atoms with Crippen molar-refractivity contribution in [2.75, 3.05) is 19.6 Å². The van der Waals surface area contributed by atoms with E-state index in [1.54, 1.807) is 6.08 Å². The average Bonchev–Trinajstić information content (AvgIpc) is 3.74. The zero-order valence-electron chi connectivity index (χ0n) is 24.3. The summed E-state index contributed by atoms with van der Waals surface area (Å²) in [6.45, 7) is 4.86. The maximum absolute atomic E-state index is 13.2. The van der Waals surface area contributed by atoms with Crippen molar-refractivity contribution >= 4 is 22.7 Å². The molecular weight excluding hydrogens is 557 g/mol. The second-order valence-electron chi connectivity index (χ2n) is 12.2. The summed E-state index contributed by atoms with van der Waals surface area (Å²) < 4.78 is 46.3. The number of carbonyl (C=O) groups excluding carboxylic acids is 2. The number of fused-ring (bicyclic) bond motifs is 1. The fourth-order valence-corrected chi connectivity index (χ4v) is 6.06. The molecule has 0 bridgehead atoms. The molecule has 1 aromatic carbocycles. The van der Waals surface area contributed by atoms with Gasteiger partial charge in [0.05, 0.1) is 11.4 Å². The first kappa shape index (κ1) is 29.3. The molecule has 10 heteroatoms. The van der Waals surface area contributed by atoms with Crippen molar-refractivity contribution in [2.45, 2.75) is 64.6 Å². The molecule has 228 valence electrons. The Hall–Kier alpha value is -3.82. The molecule has 1 atom stereocenters. The largest absolute Gasteiger partial charge is 0.462 e. The number of hydrogen-bond donors (Lipinski definition) is 1. The van der Waals surface area contributed by atoms with E-state index in [1.807, 2.05) is 47.0 Å². The van der Waals surface area contributed by atoms with Crippen LogP contribution in [0.5, 0.6) is 0 Å². The average molecular weight is 595 g/mol. The maximum atomic E-state index is 13.2. The van der Waals surface area contributed by atoms with Crippen LogP contribution in [0.25, 0.3) is 10.9 Å². The van der Waals surface area contributed by atoms with Gasteiger partial charge in [0.1, 0.15) is 11.5 Å². The predicted octanol–water partition coefficient (Wildman–Crippen LogP) is 6.37. The van der Waals surface area contributed by atoms with E-state index in [1.165, 1.54) is 18.9 Å². The van der Waals surface area contributed by atoms with E-state index in [2.05, 4.69) is 5.32 Å². The van der Waals surface area contributed by atoms with E-state index in [4.69, 9.17) is 9.84 Å². The molecule has 4 aliphatic rings. The van der Waals surface area contributed by atoms with Crippen LogP contribution in [0.2, 0.25) is 0 Å². The van der Waals surface area contributed by atoms with E-state index in [9.17, 15) is 22.8 Å². The molecule has 43 heavy (non-hydrogen) atoms. The normalized spacial score (nSPS) is 21.3. The molecule has 1 aliphatic heterocycles. The molecule has 0 spiro atoms. The fourth-order valence-electron chi connectivity index (χ4n) is 6.06. The molecule has 1 unspecified atom stereocenters. The molecule has 2 amide bonds. The summed E-state index contributed by atoms with van der Waals surface area (Å²) >= 11 is 0. The number of aromatic nitrogens is 2. The number of carbonyl (C=O) groups is 2. The SMILES string of the molecule is Cc1c(C(=O)NCC2CC2)ccc2nn(CC3CCN(C(=O)C4C=CC(OC5=CC=C(C(F)(F)F)CC5)=CC4)CC3)cc12. The van der Waals surface area contributed by atoms with Crippen LogP contribution < -0.4 is 5.32 Å². The Morgan fingerprint density at radius 1 is 1.07 bits per heavy atom. The third-order valence-corrected chi connectivity index (χ3v) is 8.98. The molecule has 2 aromatic rings. The smallest absolute Gasteiger partial charge is 0.412 e. The highest BCUT2D eigenvalue weighted by atomic mass is 19.4. The lowest BCUT2D eigenvalue weighted by Gasteiger charge is -2.34. The minimum absolute atomic E-state index is 0.0230. The number of benzene rings is 1. The maximum Gasteiger partial charge on any atom is 0.412 e. The minimum Gasteiger partial charge on any atom is -0.462 e. The van der Waals surface area contributed by atoms with Crippen molar-refractivity contribution in [1.29, 1.82) is 0 Å². The van der Waals surface area contributed by atoms with Crippen LogP contribution in [-0.2, 0) is 16.1 Å². The lowest BCUT2D eigenvalue weighted by Crippen LogP contribution is -2.42. The lowest BCUT2D eigenvalue weighted by atomic mass is 9.93. The van der Waals surface area contributed by atoms with Crippen LogP contribution in [0.3, 0.4) is 0 Å². The van der Waals surface area contributed by atoms with E-state index in [0.717, 1.165) is 48.5 Å². The van der Waals surface area contributed by atoms with Crippen LogP contribution in [0, 0.1) is 24.7 Å². The number of likely N-dealkylation sites (tertiary alicyclic amines) is 1. The van der Waals surface area contributed by atoms with Gasteiger partial charge in [0, 0.05) is 55.3 Å². The van der Waals surface area contributed by atoms with Gasteiger partial charge in [0.15, 0.2) is 0 Å². The van der Waals surface area contributed by atoms with Crippen molar-refractivity contribution in [2.24, 2.45) is 17.8 Å². The Morgan fingerprint density at radius 2 is 1.86 bits per heavy atom. The van der Waals surface area contributed by atoms with E-state index in [-0.39, 0.29) is 30.6 Å². The highest BCUT2D eigenvalue weighted by molar-refractivity contribution is 6.00. The zero-order valence-corrected chi connectivity index (χ0v) is 24.3. The zero-order chi connectivity index (χ0) is 30.1. The summed E-state index contributed by atoms with van der Waals surface area (Å²) in [6.07, 6.45) is 10.4. The molecule has 7 nitrogen and oxygen atoms in total. The molecule has 2 heterocycles. The molecule has 1 N–H and O–H groups in total. The van der Waals surface area contributed by atoms with Gasteiger partial charge in [-0.25, -0.2) is 0 Å². The number of nitrogens with one attached hydrogen (secondary N) is 1. The topological polar surface area (TPSA) is 76.5 Å². The monoisotopic (exact) mass is 594 g/mol. The van der Waals surface area contributed by atoms with Crippen molar-refractivity contribution < 1.29 is 27.5 Å². The van der Waals surface area contributed by atoms with Gasteiger partial charge in [0.25, 0.3) is 5.91 Å². The second-order valence-corrected chi connectivity index (χ2v) is 12.2. The van der Waals surface area contributed by atoms with Gasteiger partial charge in [-0.1, -0.05) is 12.2 Å². The first-order chi connectivity index (χ1) is 20.6. The predicted molar refractivity (Wildman–Crippen MR) is 157 cm³/mol. The third-order valence-electron chi connectivity index (χ3n) is 8.98. The van der Waals surface area contributed by atoms with Gasteiger partial charge in [-0.2, -0.15) is 18.3 Å². The minimum atomic E-state index is -4.31. The molecule has 1 aromatic heterocycles. The number of rotatable bonds is 8. The summed E-state index contributed by atoms with van der Waals surface area (Å²) in [5.41, 5.74) is 1.98. The van der Waals surface area contributed by atoms with Crippen molar-refractivity contribution in [3.05, 3.63) is 76.9 Å². The number of amides is 2. The first-order valence-electron chi connectivity index (χ1n) is 15.2. The van der Waals surface area contributed by atoms with Gasteiger partial charge < -0.3 is 15.0 Å². The molecule has 0 radical (unpaired) electrons. The number of aryl methyl sites for hydroxylation is 1. The van der Waals surface area contributed by atoms with Crippen molar-refractivity contribution in [3.63, 3.8) is 0 Å². The lowest BCUT2D eigenvalue weighted by molar-refractivity contribution is -0.135. The Kier molecular flexibility index (Phi) is 8.20. The van der Waals surface area contributed by atoms with E-state index < -0.39 is 11.7 Å². The van der Waals surface area contributed by atoms with Gasteiger partial charge in [-0.05, 0) is 93.2 Å². The van der Waals surface area contributed by atoms with Crippen molar-refractivity contribution in [3.8, 4) is 0 Å². The Labute approximate surface area is 249 Å². The summed E-state index contributed by atoms with van der Waals surface area (Å²) in [5.74, 6) is 1.88. The molecule has 1 saturated carbocycles. The van der Waals surface area contributed by atoms with E-state index in [0.29, 0.717) is 48.4 Å². The van der Waals surface area contributed by atoms with Gasteiger partial charge >= 0.3 is 6.18 Å². The summed E-state index contributed by atoms with van der Waals surface area (Å²) in [6, 6.07) is 3.78. The van der Waals surface area contributed by atoms with E-state index >= 15 is 0 Å². The summed E-state index contributed by atoms with van der Waals surface area (Å²) in [4.78, 5) is 27.8.